The predicted molar refractivity (Wildman–Crippen MR) is 106 cm³/mol. The highest BCUT2D eigenvalue weighted by molar-refractivity contribution is 6.31. The lowest BCUT2D eigenvalue weighted by Crippen LogP contribution is -2.40. The number of benzene rings is 2. The number of halogens is 1. The summed E-state index contributed by atoms with van der Waals surface area (Å²) < 4.78 is 4.90. The normalized spacial score (nSPS) is 11.3. The molecule has 0 radical (unpaired) electrons. The maximum atomic E-state index is 12.1. The van der Waals surface area contributed by atoms with Gasteiger partial charge in [-0.1, -0.05) is 23.7 Å². The van der Waals surface area contributed by atoms with E-state index in [0.29, 0.717) is 16.3 Å². The maximum Gasteiger partial charge on any atom is 0.328 e. The molecule has 0 aliphatic carbocycles. The van der Waals surface area contributed by atoms with E-state index in [-0.39, 0.29) is 11.3 Å². The van der Waals surface area contributed by atoms with Crippen molar-refractivity contribution in [2.75, 3.05) is 11.9 Å². The molecule has 9 nitrogen and oxygen atoms in total. The van der Waals surface area contributed by atoms with E-state index in [1.54, 1.807) is 25.1 Å². The predicted octanol–water partition coefficient (Wildman–Crippen LogP) is 2.86. The number of nitro groups is 1. The van der Waals surface area contributed by atoms with Gasteiger partial charge in [0.25, 0.3) is 17.5 Å². The Balaban J connectivity index is 1.88. The minimum atomic E-state index is -1.07. The van der Waals surface area contributed by atoms with Gasteiger partial charge in [0.05, 0.1) is 4.92 Å². The van der Waals surface area contributed by atoms with Gasteiger partial charge in [-0.05, 0) is 37.6 Å². The van der Waals surface area contributed by atoms with E-state index < -0.39 is 35.4 Å². The molecule has 2 aromatic rings. The lowest BCUT2D eigenvalue weighted by atomic mass is 10.2. The topological polar surface area (TPSA) is 128 Å². The fraction of sp³-hybridized carbons (Fsp3) is 0.211. The highest BCUT2D eigenvalue weighted by Crippen LogP contribution is 2.22. The van der Waals surface area contributed by atoms with Crippen molar-refractivity contribution in [1.82, 2.24) is 5.32 Å². The number of amides is 2. The summed E-state index contributed by atoms with van der Waals surface area (Å²) in [6, 6.07) is 9.01. The van der Waals surface area contributed by atoms with Gasteiger partial charge in [0.2, 0.25) is 0 Å². The molecule has 0 aliphatic rings. The van der Waals surface area contributed by atoms with Crippen LogP contribution in [-0.2, 0) is 14.3 Å². The lowest BCUT2D eigenvalue weighted by molar-refractivity contribution is -0.384. The highest BCUT2D eigenvalue weighted by atomic mass is 35.5. The number of carbonyl (C=O) groups is 3. The van der Waals surface area contributed by atoms with Gasteiger partial charge in [-0.3, -0.25) is 19.7 Å². The first-order valence-corrected chi connectivity index (χ1v) is 8.83. The molecule has 2 aromatic carbocycles. The maximum absolute atomic E-state index is 12.1. The molecule has 1 atom stereocenters. The molecule has 152 valence electrons. The van der Waals surface area contributed by atoms with Gasteiger partial charge in [0.1, 0.15) is 6.04 Å². The average Bonchev–Trinajstić information content (AvgIpc) is 2.69. The number of nitro benzene ring substituents is 1. The Bertz CT molecular complexity index is 963. The van der Waals surface area contributed by atoms with Crippen molar-refractivity contribution >= 4 is 40.8 Å². The third kappa shape index (κ3) is 6.01. The number of esters is 1. The van der Waals surface area contributed by atoms with Crippen LogP contribution < -0.4 is 10.6 Å². The number of rotatable bonds is 7. The van der Waals surface area contributed by atoms with Crippen molar-refractivity contribution in [2.24, 2.45) is 0 Å². The first-order valence-electron chi connectivity index (χ1n) is 8.46. The molecule has 2 amide bonds. The standard InChI is InChI=1S/C19H18ClN3O6/c1-11-15(20)7-4-8-16(11)22-17(24)10-29-19(26)12(2)21-18(25)13-5-3-6-14(9-13)23(27)28/h3-9,12H,10H2,1-2H3,(H,21,25)(H,22,24). The first kappa shape index (κ1) is 21.8. The molecule has 0 bridgehead atoms. The lowest BCUT2D eigenvalue weighted by Gasteiger charge is -2.14. The third-order valence-electron chi connectivity index (χ3n) is 3.91. The fourth-order valence-electron chi connectivity index (χ4n) is 2.29. The van der Waals surface area contributed by atoms with Gasteiger partial charge in [-0.25, -0.2) is 4.79 Å². The van der Waals surface area contributed by atoms with Crippen LogP contribution in [0, 0.1) is 17.0 Å². The molecule has 29 heavy (non-hydrogen) atoms. The number of hydrogen-bond acceptors (Lipinski definition) is 6. The van der Waals surface area contributed by atoms with Crippen LogP contribution in [0.25, 0.3) is 0 Å². The molecule has 1 unspecified atom stereocenters. The Morgan fingerprint density at radius 3 is 2.59 bits per heavy atom. The van der Waals surface area contributed by atoms with Crippen LogP contribution in [-0.4, -0.2) is 35.4 Å². The monoisotopic (exact) mass is 419 g/mol. The van der Waals surface area contributed by atoms with E-state index in [1.165, 1.54) is 25.1 Å². The summed E-state index contributed by atoms with van der Waals surface area (Å²) in [6.07, 6.45) is 0. The summed E-state index contributed by atoms with van der Waals surface area (Å²) in [5, 5.41) is 16.2. The van der Waals surface area contributed by atoms with Crippen molar-refractivity contribution in [3.63, 3.8) is 0 Å². The molecule has 0 aliphatic heterocycles. The van der Waals surface area contributed by atoms with Gasteiger partial charge < -0.3 is 15.4 Å². The first-order chi connectivity index (χ1) is 13.7. The second-order valence-corrected chi connectivity index (χ2v) is 6.48. The SMILES string of the molecule is Cc1c(Cl)cccc1NC(=O)COC(=O)C(C)NC(=O)c1cccc([N+](=O)[O-])c1. The van der Waals surface area contributed by atoms with Crippen LogP contribution in [0.5, 0.6) is 0 Å². The van der Waals surface area contributed by atoms with Crippen LogP contribution in [0.3, 0.4) is 0 Å². The molecule has 0 spiro atoms. The Morgan fingerprint density at radius 1 is 1.21 bits per heavy atom. The van der Waals surface area contributed by atoms with E-state index in [0.717, 1.165) is 6.07 Å². The Labute approximate surface area is 171 Å². The second-order valence-electron chi connectivity index (χ2n) is 6.07. The van der Waals surface area contributed by atoms with Gasteiger partial charge in [-0.2, -0.15) is 0 Å². The van der Waals surface area contributed by atoms with Gasteiger partial charge >= 0.3 is 5.97 Å². The van der Waals surface area contributed by atoms with Crippen molar-refractivity contribution < 1.29 is 24.0 Å². The smallest absolute Gasteiger partial charge is 0.328 e. The number of ether oxygens (including phenoxy) is 1. The minimum Gasteiger partial charge on any atom is -0.454 e. The van der Waals surface area contributed by atoms with Crippen LogP contribution in [0.1, 0.15) is 22.8 Å². The summed E-state index contributed by atoms with van der Waals surface area (Å²) in [7, 11) is 0. The van der Waals surface area contributed by atoms with E-state index in [1.807, 2.05) is 0 Å². The number of carbonyl (C=O) groups excluding carboxylic acids is 3. The average molecular weight is 420 g/mol. The number of anilines is 1. The van der Waals surface area contributed by atoms with Crippen LogP contribution in [0.15, 0.2) is 42.5 Å². The largest absolute Gasteiger partial charge is 0.454 e. The Kier molecular flexibility index (Phi) is 7.27. The minimum absolute atomic E-state index is 0.0213. The molecular weight excluding hydrogens is 402 g/mol. The molecule has 0 fully saturated rings. The summed E-state index contributed by atoms with van der Waals surface area (Å²) in [5.74, 6) is -2.08. The summed E-state index contributed by atoms with van der Waals surface area (Å²) in [5.41, 5.74) is 0.936. The van der Waals surface area contributed by atoms with E-state index >= 15 is 0 Å². The molecule has 0 saturated heterocycles. The zero-order chi connectivity index (χ0) is 21.6. The molecule has 10 heteroatoms. The zero-order valence-electron chi connectivity index (χ0n) is 15.6. The zero-order valence-corrected chi connectivity index (χ0v) is 16.4. The van der Waals surface area contributed by atoms with Crippen LogP contribution in [0.2, 0.25) is 5.02 Å². The van der Waals surface area contributed by atoms with Gasteiger partial charge in [0.15, 0.2) is 6.61 Å². The van der Waals surface area contributed by atoms with Crippen molar-refractivity contribution in [1.29, 1.82) is 0 Å². The van der Waals surface area contributed by atoms with Gasteiger partial charge in [-0.15, -0.1) is 0 Å². The second kappa shape index (κ2) is 9.65. The molecule has 2 rings (SSSR count). The molecule has 0 saturated carbocycles. The van der Waals surface area contributed by atoms with E-state index in [4.69, 9.17) is 16.3 Å². The number of nitrogens with zero attached hydrogens (tertiary/aromatic N) is 1. The quantitative estimate of drug-likeness (QED) is 0.403. The number of non-ortho nitro benzene ring substituents is 1. The third-order valence-corrected chi connectivity index (χ3v) is 4.32. The van der Waals surface area contributed by atoms with Gasteiger partial charge in [0, 0.05) is 28.4 Å². The van der Waals surface area contributed by atoms with E-state index in [9.17, 15) is 24.5 Å². The molecule has 0 aromatic heterocycles. The highest BCUT2D eigenvalue weighted by Gasteiger charge is 2.20. The summed E-state index contributed by atoms with van der Waals surface area (Å²) in [6.45, 7) is 2.55. The molecular formula is C19H18ClN3O6. The Morgan fingerprint density at radius 2 is 1.90 bits per heavy atom. The van der Waals surface area contributed by atoms with Crippen LogP contribution in [0.4, 0.5) is 11.4 Å². The van der Waals surface area contributed by atoms with E-state index in [2.05, 4.69) is 10.6 Å². The summed E-state index contributed by atoms with van der Waals surface area (Å²) >= 11 is 5.98. The van der Waals surface area contributed by atoms with Crippen molar-refractivity contribution in [3.8, 4) is 0 Å². The summed E-state index contributed by atoms with van der Waals surface area (Å²) in [4.78, 5) is 46.3. The van der Waals surface area contributed by atoms with Crippen molar-refractivity contribution in [3.05, 3.63) is 68.7 Å². The number of hydrogen-bond donors (Lipinski definition) is 2. The van der Waals surface area contributed by atoms with Crippen LogP contribution >= 0.6 is 11.6 Å². The fourth-order valence-corrected chi connectivity index (χ4v) is 2.47. The number of nitrogens with one attached hydrogen (secondary N) is 2. The molecule has 0 heterocycles. The molecule has 2 N–H and O–H groups in total. The Hall–Kier alpha value is -3.46. The van der Waals surface area contributed by atoms with Crippen molar-refractivity contribution in [2.45, 2.75) is 19.9 Å².